The summed E-state index contributed by atoms with van der Waals surface area (Å²) in [5.74, 6) is 0.401. The Morgan fingerprint density at radius 1 is 1.15 bits per heavy atom. The Morgan fingerprint density at radius 3 is 2.65 bits per heavy atom. The largest absolute Gasteiger partial charge is 0.508 e. The van der Waals surface area contributed by atoms with Gasteiger partial charge in [0.25, 0.3) is 0 Å². The average molecular weight is 360 g/mol. The maximum atomic E-state index is 12.5. The van der Waals surface area contributed by atoms with Crippen LogP contribution in [0.4, 0.5) is 0 Å². The van der Waals surface area contributed by atoms with Crippen LogP contribution in [0.5, 0.6) is 11.5 Å². The van der Waals surface area contributed by atoms with Crippen LogP contribution in [0.25, 0.3) is 0 Å². The van der Waals surface area contributed by atoms with E-state index in [1.54, 1.807) is 6.07 Å². The van der Waals surface area contributed by atoms with Gasteiger partial charge in [-0.1, -0.05) is 19.3 Å². The van der Waals surface area contributed by atoms with Crippen LogP contribution in [-0.2, 0) is 16.1 Å². The molecule has 1 heterocycles. The van der Waals surface area contributed by atoms with Gasteiger partial charge >= 0.3 is 0 Å². The summed E-state index contributed by atoms with van der Waals surface area (Å²) in [5.41, 5.74) is 0.557. The van der Waals surface area contributed by atoms with Gasteiger partial charge in [-0.2, -0.15) is 0 Å². The minimum atomic E-state index is -0.199. The van der Waals surface area contributed by atoms with Crippen LogP contribution in [0, 0.1) is 11.8 Å². The van der Waals surface area contributed by atoms with Crippen molar-refractivity contribution in [1.29, 1.82) is 0 Å². The van der Waals surface area contributed by atoms with E-state index in [-0.39, 0.29) is 35.8 Å². The summed E-state index contributed by atoms with van der Waals surface area (Å²) in [4.78, 5) is 26.6. The quantitative estimate of drug-likeness (QED) is 0.753. The van der Waals surface area contributed by atoms with Gasteiger partial charge in [0.15, 0.2) is 0 Å². The number of nitrogens with zero attached hydrogens (tertiary/aromatic N) is 1. The fourth-order valence-corrected chi connectivity index (χ4v) is 4.02. The molecule has 6 nitrogen and oxygen atoms in total. The lowest BCUT2D eigenvalue weighted by Gasteiger charge is -2.35. The molecule has 2 aliphatic rings. The number of phenolic OH excluding ortho intramolecular Hbond substituents is 2. The molecule has 1 saturated carbocycles. The first-order chi connectivity index (χ1) is 12.5. The van der Waals surface area contributed by atoms with Gasteiger partial charge in [0.1, 0.15) is 11.5 Å². The molecule has 3 N–H and O–H groups in total. The van der Waals surface area contributed by atoms with E-state index in [0.29, 0.717) is 30.9 Å². The van der Waals surface area contributed by atoms with Crippen molar-refractivity contribution in [1.82, 2.24) is 10.2 Å². The molecule has 0 unspecified atom stereocenters. The molecule has 1 aliphatic heterocycles. The zero-order valence-corrected chi connectivity index (χ0v) is 15.1. The fraction of sp³-hybridized carbons (Fsp3) is 0.600. The van der Waals surface area contributed by atoms with Crippen LogP contribution in [0.2, 0.25) is 0 Å². The monoisotopic (exact) mass is 360 g/mol. The number of carbonyl (C=O) groups is 2. The van der Waals surface area contributed by atoms with Crippen LogP contribution < -0.4 is 5.32 Å². The number of benzene rings is 1. The molecule has 1 atom stereocenters. The number of rotatable bonds is 5. The molecule has 0 bridgehead atoms. The summed E-state index contributed by atoms with van der Waals surface area (Å²) < 4.78 is 0. The van der Waals surface area contributed by atoms with Crippen molar-refractivity contribution in [2.75, 3.05) is 13.1 Å². The number of likely N-dealkylation sites (tertiary alicyclic amines) is 1. The number of nitrogens with one attached hydrogen (secondary N) is 1. The van der Waals surface area contributed by atoms with Gasteiger partial charge < -0.3 is 20.4 Å². The molecule has 1 aromatic rings. The predicted molar refractivity (Wildman–Crippen MR) is 97.5 cm³/mol. The molecule has 26 heavy (non-hydrogen) atoms. The molecule has 1 aliphatic carbocycles. The number of carbonyl (C=O) groups excluding carboxylic acids is 2. The molecule has 6 heteroatoms. The number of piperidine rings is 1. The summed E-state index contributed by atoms with van der Waals surface area (Å²) >= 11 is 0. The zero-order chi connectivity index (χ0) is 18.5. The molecule has 0 radical (unpaired) electrons. The molecular formula is C20H28N2O4. The highest BCUT2D eigenvalue weighted by Crippen LogP contribution is 2.27. The van der Waals surface area contributed by atoms with Gasteiger partial charge in [0.2, 0.25) is 11.8 Å². The first kappa shape index (κ1) is 18.5. The highest BCUT2D eigenvalue weighted by Gasteiger charge is 2.31. The molecule has 3 rings (SSSR count). The number of amides is 2. The minimum Gasteiger partial charge on any atom is -0.508 e. The highest BCUT2D eigenvalue weighted by atomic mass is 16.3. The normalized spacial score (nSPS) is 21.6. The van der Waals surface area contributed by atoms with E-state index in [0.717, 1.165) is 6.54 Å². The summed E-state index contributed by atoms with van der Waals surface area (Å²) in [6.07, 6.45) is 7.14. The second-order valence-corrected chi connectivity index (χ2v) is 7.57. The van der Waals surface area contributed by atoms with Crippen molar-refractivity contribution >= 4 is 11.8 Å². The van der Waals surface area contributed by atoms with Crippen molar-refractivity contribution in [3.8, 4) is 11.5 Å². The van der Waals surface area contributed by atoms with Crippen molar-refractivity contribution in [2.45, 2.75) is 51.5 Å². The first-order valence-corrected chi connectivity index (χ1v) is 9.59. The lowest BCUT2D eigenvalue weighted by atomic mass is 9.87. The summed E-state index contributed by atoms with van der Waals surface area (Å²) in [6, 6.07) is 4.32. The van der Waals surface area contributed by atoms with E-state index >= 15 is 0 Å². The average Bonchev–Trinajstić information content (AvgIpc) is 2.63. The van der Waals surface area contributed by atoms with E-state index < -0.39 is 0 Å². The first-order valence-electron chi connectivity index (χ1n) is 9.59. The van der Waals surface area contributed by atoms with Crippen molar-refractivity contribution in [3.05, 3.63) is 23.8 Å². The lowest BCUT2D eigenvalue weighted by molar-refractivity contribution is -0.139. The molecule has 2 fully saturated rings. The van der Waals surface area contributed by atoms with Crippen LogP contribution in [0.3, 0.4) is 0 Å². The predicted octanol–water partition coefficient (Wildman–Crippen LogP) is 2.53. The third kappa shape index (κ3) is 4.68. The van der Waals surface area contributed by atoms with Gasteiger partial charge in [-0.25, -0.2) is 0 Å². The van der Waals surface area contributed by atoms with Crippen LogP contribution >= 0.6 is 0 Å². The number of aromatic hydroxyl groups is 2. The smallest absolute Gasteiger partial charge is 0.225 e. The maximum absolute atomic E-state index is 12.5. The van der Waals surface area contributed by atoms with Gasteiger partial charge in [-0.15, -0.1) is 0 Å². The van der Waals surface area contributed by atoms with Crippen molar-refractivity contribution in [2.24, 2.45) is 11.8 Å². The second-order valence-electron chi connectivity index (χ2n) is 7.57. The minimum absolute atomic E-state index is 0.0123. The second kappa shape index (κ2) is 8.43. The van der Waals surface area contributed by atoms with Crippen molar-refractivity contribution < 1.29 is 19.8 Å². The van der Waals surface area contributed by atoms with Gasteiger partial charge in [-0.05, 0) is 37.3 Å². The third-order valence-electron chi connectivity index (χ3n) is 5.60. The highest BCUT2D eigenvalue weighted by molar-refractivity contribution is 5.83. The van der Waals surface area contributed by atoms with E-state index in [1.807, 2.05) is 4.90 Å². The van der Waals surface area contributed by atoms with Crippen LogP contribution in [0.1, 0.15) is 50.5 Å². The summed E-state index contributed by atoms with van der Waals surface area (Å²) in [7, 11) is 0. The third-order valence-corrected chi connectivity index (χ3v) is 5.60. The molecule has 142 valence electrons. The SMILES string of the molecule is O=C(NCc1ccc(O)cc1O)[C@H]1CCC(=O)N(CC2CCCCC2)C1. The molecule has 1 saturated heterocycles. The van der Waals surface area contributed by atoms with E-state index in [1.165, 1.54) is 44.2 Å². The standard InChI is InChI=1S/C20H28N2O4/c23-17-8-6-15(18(24)10-17)11-21-20(26)16-7-9-19(25)22(13-16)12-14-4-2-1-3-5-14/h6,8,10,14,16,23-24H,1-5,7,9,11-13H2,(H,21,26)/t16-/m0/s1. The van der Waals surface area contributed by atoms with E-state index in [4.69, 9.17) is 0 Å². The van der Waals surface area contributed by atoms with Crippen LogP contribution in [-0.4, -0.2) is 40.0 Å². The Labute approximate surface area is 154 Å². The topological polar surface area (TPSA) is 89.9 Å². The number of phenols is 2. The molecule has 0 aromatic heterocycles. The molecule has 1 aromatic carbocycles. The zero-order valence-electron chi connectivity index (χ0n) is 15.1. The van der Waals surface area contributed by atoms with Gasteiger partial charge in [0, 0.05) is 37.7 Å². The molecular weight excluding hydrogens is 332 g/mol. The Morgan fingerprint density at radius 2 is 1.92 bits per heavy atom. The maximum Gasteiger partial charge on any atom is 0.225 e. The lowest BCUT2D eigenvalue weighted by Crippen LogP contribution is -2.47. The Balaban J connectivity index is 1.52. The summed E-state index contributed by atoms with van der Waals surface area (Å²) in [5, 5.41) is 22.0. The molecule has 0 spiro atoms. The Bertz CT molecular complexity index is 655. The number of hydrogen-bond donors (Lipinski definition) is 3. The Kier molecular flexibility index (Phi) is 6.01. The van der Waals surface area contributed by atoms with Crippen molar-refractivity contribution in [3.63, 3.8) is 0 Å². The van der Waals surface area contributed by atoms with E-state index in [2.05, 4.69) is 5.32 Å². The molecule has 2 amide bonds. The fourth-order valence-electron chi connectivity index (χ4n) is 4.02. The van der Waals surface area contributed by atoms with Gasteiger partial charge in [0.05, 0.1) is 5.92 Å². The summed E-state index contributed by atoms with van der Waals surface area (Å²) in [6.45, 7) is 1.47. The van der Waals surface area contributed by atoms with Gasteiger partial charge in [-0.3, -0.25) is 9.59 Å². The van der Waals surface area contributed by atoms with Crippen LogP contribution in [0.15, 0.2) is 18.2 Å². The number of hydrogen-bond acceptors (Lipinski definition) is 4. The van der Waals surface area contributed by atoms with E-state index in [9.17, 15) is 19.8 Å². The Hall–Kier alpha value is -2.24.